The fourth-order valence-corrected chi connectivity index (χ4v) is 2.21. The number of nitrogens with two attached hydrogens (primary N) is 1. The van der Waals surface area contributed by atoms with Gasteiger partial charge in [-0.3, -0.25) is 16.3 Å². The molecule has 1 aromatic carbocycles. The Morgan fingerprint density at radius 1 is 1.20 bits per heavy atom. The zero-order valence-corrected chi connectivity index (χ0v) is 11.7. The van der Waals surface area contributed by atoms with Crippen molar-refractivity contribution in [3.63, 3.8) is 0 Å². The van der Waals surface area contributed by atoms with Crippen molar-refractivity contribution in [1.82, 2.24) is 10.4 Å². The van der Waals surface area contributed by atoms with Crippen molar-refractivity contribution in [3.05, 3.63) is 42.1 Å². The second-order valence-corrected chi connectivity index (χ2v) is 4.53. The van der Waals surface area contributed by atoms with Crippen LogP contribution in [0.1, 0.15) is 18.0 Å². The van der Waals surface area contributed by atoms with Gasteiger partial charge in [-0.05, 0) is 24.1 Å². The molecule has 108 valence electrons. The van der Waals surface area contributed by atoms with Crippen molar-refractivity contribution in [1.29, 1.82) is 0 Å². The van der Waals surface area contributed by atoms with E-state index in [9.17, 15) is 0 Å². The molecule has 1 atom stereocenters. The topological polar surface area (TPSA) is 69.4 Å². The molecule has 0 bridgehead atoms. The molecule has 0 saturated heterocycles. The van der Waals surface area contributed by atoms with Crippen LogP contribution in [-0.4, -0.2) is 31.9 Å². The molecule has 1 aromatic heterocycles. The Morgan fingerprint density at radius 2 is 2.10 bits per heavy atom. The van der Waals surface area contributed by atoms with Crippen LogP contribution in [0.5, 0.6) is 0 Å². The zero-order valence-electron chi connectivity index (χ0n) is 11.7. The number of pyridine rings is 1. The van der Waals surface area contributed by atoms with E-state index >= 15 is 0 Å². The highest BCUT2D eigenvalue weighted by atomic mass is 16.5. The van der Waals surface area contributed by atoms with Crippen LogP contribution in [0.3, 0.4) is 0 Å². The monoisotopic (exact) mass is 275 g/mol. The summed E-state index contributed by atoms with van der Waals surface area (Å²) in [7, 11) is 1.66. The Bertz CT molecular complexity index is 528. The maximum atomic E-state index is 5.69. The molecule has 2 rings (SSSR count). The Morgan fingerprint density at radius 3 is 2.90 bits per heavy atom. The third-order valence-electron chi connectivity index (χ3n) is 3.24. The normalized spacial score (nSPS) is 12.7. The molecule has 2 aromatic rings. The summed E-state index contributed by atoms with van der Waals surface area (Å²) in [5, 5.41) is 1.12. The smallest absolute Gasteiger partial charge is 0.0705 e. The number of fused-ring (bicyclic) bond motifs is 1. The summed E-state index contributed by atoms with van der Waals surface area (Å²) in [6.07, 6.45) is 2.60. The first-order chi connectivity index (χ1) is 9.86. The van der Waals surface area contributed by atoms with Gasteiger partial charge in [0.1, 0.15) is 0 Å². The lowest BCUT2D eigenvalue weighted by Gasteiger charge is -2.18. The molecule has 0 fully saturated rings. The van der Waals surface area contributed by atoms with E-state index in [-0.39, 0.29) is 6.04 Å². The second kappa shape index (κ2) is 7.91. The van der Waals surface area contributed by atoms with Crippen LogP contribution in [-0.2, 0) is 9.47 Å². The molecule has 0 aliphatic heterocycles. The third-order valence-corrected chi connectivity index (χ3v) is 3.24. The summed E-state index contributed by atoms with van der Waals surface area (Å²) in [5.74, 6) is 5.69. The first kappa shape index (κ1) is 14.9. The number of hydrazine groups is 1. The molecular weight excluding hydrogens is 254 g/mol. The van der Waals surface area contributed by atoms with Crippen LogP contribution >= 0.6 is 0 Å². The lowest BCUT2D eigenvalue weighted by atomic mass is 9.99. The largest absolute Gasteiger partial charge is 0.382 e. The summed E-state index contributed by atoms with van der Waals surface area (Å²) in [6.45, 7) is 1.85. The molecule has 0 aliphatic rings. The van der Waals surface area contributed by atoms with Gasteiger partial charge in [-0.1, -0.05) is 18.2 Å². The molecule has 5 heteroatoms. The van der Waals surface area contributed by atoms with Gasteiger partial charge in [0, 0.05) is 31.3 Å². The van der Waals surface area contributed by atoms with E-state index in [0.29, 0.717) is 19.8 Å². The van der Waals surface area contributed by atoms with E-state index in [1.54, 1.807) is 13.3 Å². The molecule has 0 radical (unpaired) electrons. The number of nitrogens with one attached hydrogen (secondary N) is 1. The quantitative estimate of drug-likeness (QED) is 0.437. The molecule has 0 saturated carbocycles. The molecule has 0 aliphatic carbocycles. The van der Waals surface area contributed by atoms with Crippen LogP contribution in [0, 0.1) is 0 Å². The summed E-state index contributed by atoms with van der Waals surface area (Å²) in [4.78, 5) is 4.36. The predicted molar refractivity (Wildman–Crippen MR) is 79.1 cm³/mol. The fourth-order valence-electron chi connectivity index (χ4n) is 2.21. The second-order valence-electron chi connectivity index (χ2n) is 4.53. The highest BCUT2D eigenvalue weighted by molar-refractivity contribution is 5.82. The summed E-state index contributed by atoms with van der Waals surface area (Å²) < 4.78 is 10.4. The summed E-state index contributed by atoms with van der Waals surface area (Å²) in [5.41, 5.74) is 4.99. The molecule has 3 N–H and O–H groups in total. The SMILES string of the molecule is COCCOCCC(NN)c1cccc2ncccc12. The van der Waals surface area contributed by atoms with Gasteiger partial charge >= 0.3 is 0 Å². The van der Waals surface area contributed by atoms with Crippen molar-refractivity contribution >= 4 is 10.9 Å². The average Bonchev–Trinajstić information content (AvgIpc) is 2.51. The minimum absolute atomic E-state index is 0.0467. The third kappa shape index (κ3) is 3.74. The molecular formula is C15H21N3O2. The fraction of sp³-hybridized carbons (Fsp3) is 0.400. The number of hydrogen-bond acceptors (Lipinski definition) is 5. The molecule has 20 heavy (non-hydrogen) atoms. The minimum Gasteiger partial charge on any atom is -0.382 e. The van der Waals surface area contributed by atoms with Gasteiger partial charge in [0.25, 0.3) is 0 Å². The Balaban J connectivity index is 2.05. The van der Waals surface area contributed by atoms with Gasteiger partial charge in [0.05, 0.1) is 18.7 Å². The van der Waals surface area contributed by atoms with Crippen LogP contribution in [0.25, 0.3) is 10.9 Å². The standard InChI is InChI=1S/C15H21N3O2/c1-19-10-11-20-9-7-15(18-16)13-4-2-6-14-12(13)5-3-8-17-14/h2-6,8,15,18H,7,9-11,16H2,1H3. The van der Waals surface area contributed by atoms with Crippen molar-refractivity contribution in [2.45, 2.75) is 12.5 Å². The zero-order chi connectivity index (χ0) is 14.2. The van der Waals surface area contributed by atoms with Crippen LogP contribution < -0.4 is 11.3 Å². The lowest BCUT2D eigenvalue weighted by molar-refractivity contribution is 0.0658. The van der Waals surface area contributed by atoms with Crippen LogP contribution in [0.2, 0.25) is 0 Å². The van der Waals surface area contributed by atoms with Gasteiger partial charge in [-0.25, -0.2) is 0 Å². The molecule has 0 spiro atoms. The van der Waals surface area contributed by atoms with Gasteiger partial charge in [0.2, 0.25) is 0 Å². The maximum Gasteiger partial charge on any atom is 0.0705 e. The number of methoxy groups -OCH3 is 1. The first-order valence-electron chi connectivity index (χ1n) is 6.73. The maximum absolute atomic E-state index is 5.69. The number of ether oxygens (including phenoxy) is 2. The Labute approximate surface area is 119 Å². The number of hydrogen-bond donors (Lipinski definition) is 2. The number of benzene rings is 1. The van der Waals surface area contributed by atoms with E-state index in [2.05, 4.69) is 22.5 Å². The molecule has 1 unspecified atom stereocenters. The molecule has 0 amide bonds. The number of nitrogens with zero attached hydrogens (tertiary/aromatic N) is 1. The Kier molecular flexibility index (Phi) is 5.88. The van der Waals surface area contributed by atoms with E-state index in [4.69, 9.17) is 15.3 Å². The van der Waals surface area contributed by atoms with Gasteiger partial charge in [-0.2, -0.15) is 0 Å². The molecule has 1 heterocycles. The van der Waals surface area contributed by atoms with Crippen molar-refractivity contribution < 1.29 is 9.47 Å². The van der Waals surface area contributed by atoms with Crippen LogP contribution in [0.15, 0.2) is 36.5 Å². The van der Waals surface area contributed by atoms with Crippen molar-refractivity contribution in [2.24, 2.45) is 5.84 Å². The highest BCUT2D eigenvalue weighted by Gasteiger charge is 2.12. The van der Waals surface area contributed by atoms with Gasteiger partial charge < -0.3 is 9.47 Å². The van der Waals surface area contributed by atoms with E-state index in [0.717, 1.165) is 22.9 Å². The number of aromatic nitrogens is 1. The number of rotatable bonds is 8. The summed E-state index contributed by atoms with van der Waals surface area (Å²) >= 11 is 0. The van der Waals surface area contributed by atoms with Crippen molar-refractivity contribution in [3.8, 4) is 0 Å². The van der Waals surface area contributed by atoms with Gasteiger partial charge in [-0.15, -0.1) is 0 Å². The Hall–Kier alpha value is -1.53. The van der Waals surface area contributed by atoms with Crippen LogP contribution in [0.4, 0.5) is 0 Å². The summed E-state index contributed by atoms with van der Waals surface area (Å²) in [6, 6.07) is 10.1. The highest BCUT2D eigenvalue weighted by Crippen LogP contribution is 2.24. The predicted octanol–water partition coefficient (Wildman–Crippen LogP) is 1.79. The van der Waals surface area contributed by atoms with E-state index < -0.39 is 0 Å². The van der Waals surface area contributed by atoms with Gasteiger partial charge in [0.15, 0.2) is 0 Å². The first-order valence-corrected chi connectivity index (χ1v) is 6.73. The minimum atomic E-state index is 0.0467. The molecule has 5 nitrogen and oxygen atoms in total. The van der Waals surface area contributed by atoms with Crippen molar-refractivity contribution in [2.75, 3.05) is 26.9 Å². The average molecular weight is 275 g/mol. The lowest BCUT2D eigenvalue weighted by Crippen LogP contribution is -2.29. The van der Waals surface area contributed by atoms with E-state index in [1.165, 1.54) is 0 Å². The van der Waals surface area contributed by atoms with E-state index in [1.807, 2.05) is 18.2 Å².